The number of ether oxygens (including phenoxy) is 1. The first-order valence-electron chi connectivity index (χ1n) is 9.72. The molecule has 0 aliphatic carbocycles. The maximum atomic E-state index is 13.1. The molecule has 0 saturated heterocycles. The van der Waals surface area contributed by atoms with Gasteiger partial charge in [-0.15, -0.1) is 0 Å². The molecule has 0 unspecified atom stereocenters. The average molecular weight is 559 g/mol. The van der Waals surface area contributed by atoms with Crippen LogP contribution in [0.3, 0.4) is 0 Å². The van der Waals surface area contributed by atoms with E-state index in [0.717, 1.165) is 21.3 Å². The third-order valence-corrected chi connectivity index (χ3v) is 5.72. The van der Waals surface area contributed by atoms with Crippen LogP contribution in [0.2, 0.25) is 0 Å². The number of anilines is 1. The predicted molar refractivity (Wildman–Crippen MR) is 128 cm³/mol. The van der Waals surface area contributed by atoms with Crippen molar-refractivity contribution in [3.8, 4) is 5.75 Å². The number of halogens is 3. The molecule has 0 bridgehead atoms. The highest BCUT2D eigenvalue weighted by atomic mass is 79.9. The van der Waals surface area contributed by atoms with E-state index in [-0.39, 0.29) is 11.7 Å². The Hall–Kier alpha value is -2.97. The zero-order chi connectivity index (χ0) is 22.5. The summed E-state index contributed by atoms with van der Waals surface area (Å²) in [4.78, 5) is 12.8. The number of rotatable bonds is 7. The molecule has 32 heavy (non-hydrogen) atoms. The van der Waals surface area contributed by atoms with E-state index in [1.165, 1.54) is 12.1 Å². The number of amides is 1. The van der Waals surface area contributed by atoms with Gasteiger partial charge < -0.3 is 10.1 Å². The second-order valence-corrected chi connectivity index (χ2v) is 8.82. The van der Waals surface area contributed by atoms with Gasteiger partial charge >= 0.3 is 0 Å². The van der Waals surface area contributed by atoms with Gasteiger partial charge in [-0.1, -0.05) is 40.2 Å². The Morgan fingerprint density at radius 2 is 1.75 bits per heavy atom. The highest BCUT2D eigenvalue weighted by Gasteiger charge is 2.13. The fourth-order valence-corrected chi connectivity index (χ4v) is 3.70. The molecule has 0 fully saturated rings. The van der Waals surface area contributed by atoms with E-state index in [0.29, 0.717) is 29.0 Å². The maximum absolute atomic E-state index is 13.1. The first kappa shape index (κ1) is 22.2. The smallest absolute Gasteiger partial charge is 0.256 e. The van der Waals surface area contributed by atoms with Crippen molar-refractivity contribution in [2.45, 2.75) is 13.2 Å². The van der Waals surface area contributed by atoms with Gasteiger partial charge in [-0.3, -0.25) is 9.48 Å². The van der Waals surface area contributed by atoms with E-state index >= 15 is 0 Å². The summed E-state index contributed by atoms with van der Waals surface area (Å²) in [6.07, 6.45) is 1.77. The Kier molecular flexibility index (Phi) is 7.02. The molecule has 1 N–H and O–H groups in total. The fraction of sp³-hybridized carbons (Fsp3) is 0.0833. The van der Waals surface area contributed by atoms with Crippen molar-refractivity contribution in [3.05, 3.63) is 110 Å². The normalized spacial score (nSPS) is 10.7. The molecule has 1 amide bonds. The number of carbonyl (C=O) groups is 1. The molecule has 0 atom stereocenters. The minimum absolute atomic E-state index is 0.275. The Balaban J connectivity index is 1.40. The Morgan fingerprint density at radius 3 is 2.50 bits per heavy atom. The van der Waals surface area contributed by atoms with Crippen molar-refractivity contribution < 1.29 is 13.9 Å². The largest absolute Gasteiger partial charge is 0.489 e. The highest BCUT2D eigenvalue weighted by molar-refractivity contribution is 9.10. The number of carbonyl (C=O) groups excluding carboxylic acids is 1. The molecule has 8 heteroatoms. The van der Waals surface area contributed by atoms with E-state index in [2.05, 4.69) is 42.3 Å². The van der Waals surface area contributed by atoms with Crippen LogP contribution in [0.15, 0.2) is 87.9 Å². The van der Waals surface area contributed by atoms with Gasteiger partial charge in [0, 0.05) is 16.2 Å². The van der Waals surface area contributed by atoms with Gasteiger partial charge in [-0.05, 0) is 75.6 Å². The first-order valence-corrected chi connectivity index (χ1v) is 11.3. The van der Waals surface area contributed by atoms with Crippen molar-refractivity contribution in [2.24, 2.45) is 0 Å². The Morgan fingerprint density at radius 1 is 1.00 bits per heavy atom. The molecule has 4 aromatic rings. The number of nitrogens with one attached hydrogen (secondary N) is 1. The molecule has 0 radical (unpaired) electrons. The van der Waals surface area contributed by atoms with E-state index in [4.69, 9.17) is 4.74 Å². The molecule has 0 aliphatic heterocycles. The molecule has 0 aliphatic rings. The molecular weight excluding hydrogens is 541 g/mol. The lowest BCUT2D eigenvalue weighted by Crippen LogP contribution is -2.13. The summed E-state index contributed by atoms with van der Waals surface area (Å²) in [7, 11) is 0. The molecular formula is C24H18Br2FN3O2. The number of aromatic nitrogens is 2. The second kappa shape index (κ2) is 10.1. The van der Waals surface area contributed by atoms with Crippen LogP contribution in [0.5, 0.6) is 5.75 Å². The van der Waals surface area contributed by atoms with Crippen LogP contribution < -0.4 is 10.1 Å². The molecule has 1 aromatic heterocycles. The third kappa shape index (κ3) is 5.83. The average Bonchev–Trinajstić information content (AvgIpc) is 3.13. The summed E-state index contributed by atoms with van der Waals surface area (Å²) in [5.41, 5.74) is 2.28. The maximum Gasteiger partial charge on any atom is 0.256 e. The summed E-state index contributed by atoms with van der Waals surface area (Å²) < 4.78 is 22.2. The lowest BCUT2D eigenvalue weighted by molar-refractivity contribution is 0.102. The van der Waals surface area contributed by atoms with Crippen molar-refractivity contribution >= 4 is 43.6 Å². The standard InChI is InChI=1S/C24H18Br2FN3O2/c25-19-6-10-21(11-7-19)32-15-17-2-1-3-18(12-17)24(31)28-23-22(26)14-30(29-23)13-16-4-8-20(27)9-5-16/h1-12,14H,13,15H2,(H,28,29,31). The fourth-order valence-electron chi connectivity index (χ4n) is 3.02. The number of nitrogens with zero attached hydrogens (tertiary/aromatic N) is 2. The first-order chi connectivity index (χ1) is 15.5. The van der Waals surface area contributed by atoms with Gasteiger partial charge in [0.2, 0.25) is 0 Å². The van der Waals surface area contributed by atoms with Gasteiger partial charge in [-0.2, -0.15) is 5.10 Å². The molecule has 3 aromatic carbocycles. The number of hydrogen-bond acceptors (Lipinski definition) is 3. The number of benzene rings is 3. The highest BCUT2D eigenvalue weighted by Crippen LogP contribution is 2.22. The second-order valence-electron chi connectivity index (χ2n) is 7.05. The molecule has 4 rings (SSSR count). The van der Waals surface area contributed by atoms with Gasteiger partial charge in [-0.25, -0.2) is 4.39 Å². The van der Waals surface area contributed by atoms with Crippen molar-refractivity contribution in [1.82, 2.24) is 9.78 Å². The molecule has 5 nitrogen and oxygen atoms in total. The van der Waals surface area contributed by atoms with E-state index in [9.17, 15) is 9.18 Å². The summed E-state index contributed by atoms with van der Waals surface area (Å²) in [5.74, 6) is 0.600. The van der Waals surface area contributed by atoms with Crippen LogP contribution >= 0.6 is 31.9 Å². The lowest BCUT2D eigenvalue weighted by Gasteiger charge is -2.08. The predicted octanol–water partition coefficient (Wildman–Crippen LogP) is 6.43. The van der Waals surface area contributed by atoms with Crippen LogP contribution in [0.1, 0.15) is 21.5 Å². The van der Waals surface area contributed by atoms with Crippen molar-refractivity contribution in [1.29, 1.82) is 0 Å². The van der Waals surface area contributed by atoms with E-state index in [1.807, 2.05) is 36.4 Å². The molecule has 1 heterocycles. The zero-order valence-electron chi connectivity index (χ0n) is 16.8. The van der Waals surface area contributed by atoms with Crippen LogP contribution in [-0.4, -0.2) is 15.7 Å². The minimum atomic E-state index is -0.284. The number of hydrogen-bond donors (Lipinski definition) is 1. The van der Waals surface area contributed by atoms with Gasteiger partial charge in [0.15, 0.2) is 5.82 Å². The van der Waals surface area contributed by atoms with Gasteiger partial charge in [0.25, 0.3) is 5.91 Å². The van der Waals surface area contributed by atoms with Crippen LogP contribution in [0.25, 0.3) is 0 Å². The van der Waals surface area contributed by atoms with E-state index in [1.54, 1.807) is 35.1 Å². The SMILES string of the molecule is O=C(Nc1nn(Cc2ccc(F)cc2)cc1Br)c1cccc(COc2ccc(Br)cc2)c1. The zero-order valence-corrected chi connectivity index (χ0v) is 19.9. The Labute approximate surface area is 201 Å². The lowest BCUT2D eigenvalue weighted by atomic mass is 10.1. The molecule has 0 spiro atoms. The van der Waals surface area contributed by atoms with Gasteiger partial charge in [0.05, 0.1) is 11.0 Å². The molecule has 0 saturated carbocycles. The van der Waals surface area contributed by atoms with Crippen LogP contribution in [0, 0.1) is 5.82 Å². The summed E-state index contributed by atoms with van der Waals surface area (Å²) in [6.45, 7) is 0.802. The van der Waals surface area contributed by atoms with E-state index < -0.39 is 0 Å². The Bertz CT molecular complexity index is 1220. The summed E-state index contributed by atoms with van der Waals surface area (Å²) >= 11 is 6.83. The topological polar surface area (TPSA) is 56.2 Å². The third-order valence-electron chi connectivity index (χ3n) is 4.62. The van der Waals surface area contributed by atoms with Crippen LogP contribution in [0.4, 0.5) is 10.2 Å². The van der Waals surface area contributed by atoms with Crippen LogP contribution in [-0.2, 0) is 13.2 Å². The molecule has 162 valence electrons. The quantitative estimate of drug-likeness (QED) is 0.284. The minimum Gasteiger partial charge on any atom is -0.489 e. The summed E-state index contributed by atoms with van der Waals surface area (Å²) in [5, 5.41) is 7.24. The monoisotopic (exact) mass is 557 g/mol. The van der Waals surface area contributed by atoms with Gasteiger partial charge in [0.1, 0.15) is 18.2 Å². The van der Waals surface area contributed by atoms with Crippen molar-refractivity contribution in [3.63, 3.8) is 0 Å². The summed E-state index contributed by atoms with van der Waals surface area (Å²) in [6, 6.07) is 21.0. The van der Waals surface area contributed by atoms with Crippen molar-refractivity contribution in [2.75, 3.05) is 5.32 Å².